The first kappa shape index (κ1) is 30.2. The number of alkyl halides is 1. The third-order valence-corrected chi connectivity index (χ3v) is 7.78. The molecule has 1 fully saturated rings. The monoisotopic (exact) mass is 607 g/mol. The molecule has 3 aromatic rings. The van der Waals surface area contributed by atoms with Crippen LogP contribution in [0, 0.1) is 11.6 Å². The lowest BCUT2D eigenvalue weighted by Crippen LogP contribution is -2.40. The van der Waals surface area contributed by atoms with Crippen LogP contribution in [0.3, 0.4) is 0 Å². The Bertz CT molecular complexity index is 1490. The van der Waals surface area contributed by atoms with Gasteiger partial charge in [-0.15, -0.1) is 12.4 Å². The van der Waals surface area contributed by atoms with E-state index in [0.29, 0.717) is 77.6 Å². The number of hydrogen-bond donors (Lipinski definition) is 1. The van der Waals surface area contributed by atoms with Crippen LogP contribution in [-0.2, 0) is 6.42 Å². The molecule has 0 amide bonds. The summed E-state index contributed by atoms with van der Waals surface area (Å²) in [5, 5.41) is 10.4. The summed E-state index contributed by atoms with van der Waals surface area (Å²) in [7, 11) is 0. The second kappa shape index (κ2) is 12.8. The predicted molar refractivity (Wildman–Crippen MR) is 157 cm³/mol. The van der Waals surface area contributed by atoms with Crippen molar-refractivity contribution in [3.05, 3.63) is 109 Å². The van der Waals surface area contributed by atoms with Crippen molar-refractivity contribution in [2.45, 2.75) is 25.7 Å². The van der Waals surface area contributed by atoms with E-state index < -0.39 is 17.6 Å². The minimum absolute atomic E-state index is 0. The number of benzene rings is 3. The van der Waals surface area contributed by atoms with Crippen LogP contribution in [0.4, 0.5) is 13.2 Å². The highest BCUT2D eigenvalue weighted by atomic mass is 35.5. The molecule has 1 N–H and O–H groups in total. The third-order valence-electron chi connectivity index (χ3n) is 7.23. The standard InChI is InChI=1S/C31H26Cl2F3NO2.ClH/c32-22-6-8-24(27(33)15-22)25-4-1-3-19-12-20(31(38)39)5-7-23(19)30(25)21-13-28(35)26(29(36)14-21)11-18-16-37(17-18)10-2-9-34;/h5-8,11-15H,1-4,9-10,16-17H2,(H,38,39);1H. The van der Waals surface area contributed by atoms with Gasteiger partial charge < -0.3 is 5.11 Å². The Morgan fingerprint density at radius 2 is 1.68 bits per heavy atom. The molecule has 3 aromatic carbocycles. The van der Waals surface area contributed by atoms with Gasteiger partial charge in [0, 0.05) is 35.2 Å². The van der Waals surface area contributed by atoms with Crippen molar-refractivity contribution in [1.82, 2.24) is 4.90 Å². The van der Waals surface area contributed by atoms with E-state index in [4.69, 9.17) is 23.2 Å². The Morgan fingerprint density at radius 1 is 0.975 bits per heavy atom. The molecule has 9 heteroatoms. The molecule has 0 spiro atoms. The van der Waals surface area contributed by atoms with Crippen LogP contribution >= 0.6 is 35.6 Å². The summed E-state index contributed by atoms with van der Waals surface area (Å²) in [4.78, 5) is 13.7. The molecule has 210 valence electrons. The van der Waals surface area contributed by atoms with Crippen molar-refractivity contribution in [3.63, 3.8) is 0 Å². The first-order valence-corrected chi connectivity index (χ1v) is 13.5. The molecule has 0 radical (unpaired) electrons. The number of rotatable bonds is 7. The van der Waals surface area contributed by atoms with E-state index >= 15 is 8.78 Å². The summed E-state index contributed by atoms with van der Waals surface area (Å²) in [5.74, 6) is -2.43. The maximum Gasteiger partial charge on any atom is 0.335 e. The molecule has 3 nitrogen and oxygen atoms in total. The van der Waals surface area contributed by atoms with E-state index in [1.165, 1.54) is 24.3 Å². The molecule has 2 aliphatic rings. The van der Waals surface area contributed by atoms with E-state index in [0.717, 1.165) is 16.7 Å². The van der Waals surface area contributed by atoms with Crippen LogP contribution in [0.1, 0.15) is 57.4 Å². The number of halogens is 6. The number of aromatic carboxylic acids is 1. The molecule has 0 bridgehead atoms. The number of nitrogens with zero attached hydrogens (tertiary/aromatic N) is 1. The van der Waals surface area contributed by atoms with Gasteiger partial charge in [-0.05, 0) is 107 Å². The Balaban J connectivity index is 0.00000370. The average molecular weight is 609 g/mol. The molecule has 0 atom stereocenters. The van der Waals surface area contributed by atoms with E-state index in [2.05, 4.69) is 0 Å². The van der Waals surface area contributed by atoms with Crippen LogP contribution in [0.5, 0.6) is 0 Å². The maximum atomic E-state index is 15.5. The van der Waals surface area contributed by atoms with Gasteiger partial charge in [-0.25, -0.2) is 13.6 Å². The topological polar surface area (TPSA) is 40.5 Å². The molecule has 40 heavy (non-hydrogen) atoms. The van der Waals surface area contributed by atoms with Crippen LogP contribution in [0.2, 0.25) is 10.0 Å². The van der Waals surface area contributed by atoms with Crippen molar-refractivity contribution in [2.75, 3.05) is 26.3 Å². The molecular weight excluding hydrogens is 582 g/mol. The van der Waals surface area contributed by atoms with Gasteiger partial charge in [0.1, 0.15) is 11.6 Å². The molecule has 0 saturated carbocycles. The highest BCUT2D eigenvalue weighted by Crippen LogP contribution is 2.43. The Hall–Kier alpha value is -2.77. The molecule has 0 aromatic heterocycles. The summed E-state index contributed by atoms with van der Waals surface area (Å²) in [6.07, 6.45) is 3.84. The van der Waals surface area contributed by atoms with E-state index in [1.54, 1.807) is 30.3 Å². The summed E-state index contributed by atoms with van der Waals surface area (Å²) >= 11 is 12.7. The molecule has 1 aliphatic heterocycles. The summed E-state index contributed by atoms with van der Waals surface area (Å²) < 4.78 is 43.4. The number of carboxylic acid groups (broad SMARTS) is 1. The molecule has 5 rings (SSSR count). The highest BCUT2D eigenvalue weighted by molar-refractivity contribution is 6.36. The number of allylic oxidation sites excluding steroid dienone is 1. The number of carbonyl (C=O) groups is 1. The lowest BCUT2D eigenvalue weighted by Gasteiger charge is -2.33. The number of hydrogen-bond acceptors (Lipinski definition) is 2. The van der Waals surface area contributed by atoms with Crippen molar-refractivity contribution in [2.24, 2.45) is 0 Å². The fourth-order valence-electron chi connectivity index (χ4n) is 5.39. The van der Waals surface area contributed by atoms with Crippen LogP contribution in [0.15, 0.2) is 54.1 Å². The first-order chi connectivity index (χ1) is 18.7. The molecule has 1 saturated heterocycles. The lowest BCUT2D eigenvalue weighted by molar-refractivity contribution is 0.0696. The van der Waals surface area contributed by atoms with Crippen molar-refractivity contribution in [3.8, 4) is 0 Å². The van der Waals surface area contributed by atoms with Crippen molar-refractivity contribution in [1.29, 1.82) is 0 Å². The zero-order valence-electron chi connectivity index (χ0n) is 21.5. The summed E-state index contributed by atoms with van der Waals surface area (Å²) in [6, 6.07) is 12.6. The molecular formula is C31H27Cl3F3NO2. The Labute approximate surface area is 247 Å². The van der Waals surface area contributed by atoms with E-state index in [-0.39, 0.29) is 30.2 Å². The minimum atomic E-state index is -1.04. The van der Waals surface area contributed by atoms with Crippen LogP contribution < -0.4 is 0 Å². The smallest absolute Gasteiger partial charge is 0.335 e. The van der Waals surface area contributed by atoms with Gasteiger partial charge in [0.15, 0.2) is 0 Å². The van der Waals surface area contributed by atoms with Crippen LogP contribution in [0.25, 0.3) is 17.2 Å². The third kappa shape index (κ3) is 6.26. The van der Waals surface area contributed by atoms with Gasteiger partial charge in [0.05, 0.1) is 12.2 Å². The van der Waals surface area contributed by atoms with Gasteiger partial charge in [-0.3, -0.25) is 9.29 Å². The van der Waals surface area contributed by atoms with Crippen LogP contribution in [-0.4, -0.2) is 42.3 Å². The summed E-state index contributed by atoms with van der Waals surface area (Å²) in [6.45, 7) is 1.35. The van der Waals surface area contributed by atoms with Crippen molar-refractivity contribution >= 4 is 58.8 Å². The number of likely N-dealkylation sites (tertiary alicyclic amines) is 1. The number of carboxylic acids is 1. The SMILES string of the molecule is Cl.O=C(O)c1ccc2c(c1)CCCC(c1ccc(Cl)cc1Cl)=C2c1cc(F)c(C=C2CN(CCCF)C2)c(F)c1. The molecule has 1 aliphatic carbocycles. The zero-order chi connectivity index (χ0) is 27.7. The van der Waals surface area contributed by atoms with Gasteiger partial charge in [0.25, 0.3) is 0 Å². The zero-order valence-corrected chi connectivity index (χ0v) is 23.8. The minimum Gasteiger partial charge on any atom is -0.478 e. The predicted octanol–water partition coefficient (Wildman–Crippen LogP) is 8.75. The first-order valence-electron chi connectivity index (χ1n) is 12.8. The van der Waals surface area contributed by atoms with E-state index in [9.17, 15) is 14.3 Å². The van der Waals surface area contributed by atoms with Crippen molar-refractivity contribution < 1.29 is 23.1 Å². The Morgan fingerprint density at radius 3 is 2.33 bits per heavy atom. The highest BCUT2D eigenvalue weighted by Gasteiger charge is 2.25. The largest absolute Gasteiger partial charge is 0.478 e. The van der Waals surface area contributed by atoms with Gasteiger partial charge in [0.2, 0.25) is 0 Å². The second-order valence-corrected chi connectivity index (χ2v) is 10.8. The summed E-state index contributed by atoms with van der Waals surface area (Å²) in [5.41, 5.74) is 4.91. The maximum absolute atomic E-state index is 15.5. The van der Waals surface area contributed by atoms with Gasteiger partial charge in [-0.2, -0.15) is 0 Å². The quantitative estimate of drug-likeness (QED) is 0.292. The Kier molecular flexibility index (Phi) is 9.68. The molecule has 1 heterocycles. The second-order valence-electron chi connectivity index (χ2n) is 9.92. The number of aryl methyl sites for hydroxylation is 1. The molecule has 0 unspecified atom stereocenters. The number of fused-ring (bicyclic) bond motifs is 1. The van der Waals surface area contributed by atoms with Gasteiger partial charge >= 0.3 is 5.97 Å². The fraction of sp³-hybridized carbons (Fsp3) is 0.258. The normalized spacial score (nSPS) is 15.2. The average Bonchev–Trinajstić information content (AvgIpc) is 3.05. The van der Waals surface area contributed by atoms with Gasteiger partial charge in [-0.1, -0.05) is 35.3 Å². The lowest BCUT2D eigenvalue weighted by atomic mass is 9.86. The fourth-order valence-corrected chi connectivity index (χ4v) is 5.91. The van der Waals surface area contributed by atoms with E-state index in [1.807, 2.05) is 4.90 Å².